The van der Waals surface area contributed by atoms with Crippen LogP contribution in [0.4, 0.5) is 0 Å². The van der Waals surface area contributed by atoms with Crippen molar-refractivity contribution in [2.75, 3.05) is 5.88 Å². The first kappa shape index (κ1) is 7.48. The van der Waals surface area contributed by atoms with E-state index < -0.39 is 0 Å². The standard InChI is InChI=1S/C8H11NS/c1-3-5-7-8(4-2)10-6-9-7/h3-5,9H,2,6H2,1H3/b5-3-. The summed E-state index contributed by atoms with van der Waals surface area (Å²) in [4.78, 5) is 1.25. The summed E-state index contributed by atoms with van der Waals surface area (Å²) in [5.41, 5.74) is 1.20. The molecule has 1 heterocycles. The maximum atomic E-state index is 3.72. The molecule has 0 bridgehead atoms. The van der Waals surface area contributed by atoms with Crippen LogP contribution in [0.15, 0.2) is 35.4 Å². The van der Waals surface area contributed by atoms with Gasteiger partial charge in [0.25, 0.3) is 0 Å². The van der Waals surface area contributed by atoms with Gasteiger partial charge >= 0.3 is 0 Å². The van der Waals surface area contributed by atoms with Gasteiger partial charge in [0, 0.05) is 10.6 Å². The minimum Gasteiger partial charge on any atom is -0.375 e. The van der Waals surface area contributed by atoms with E-state index in [2.05, 4.69) is 18.0 Å². The summed E-state index contributed by atoms with van der Waals surface area (Å²) in [7, 11) is 0. The van der Waals surface area contributed by atoms with Crippen LogP contribution in [-0.4, -0.2) is 5.88 Å². The van der Waals surface area contributed by atoms with E-state index in [1.807, 2.05) is 19.1 Å². The molecular weight excluding hydrogens is 142 g/mol. The summed E-state index contributed by atoms with van der Waals surface area (Å²) in [5, 5.41) is 3.24. The summed E-state index contributed by atoms with van der Waals surface area (Å²) < 4.78 is 0. The van der Waals surface area contributed by atoms with Gasteiger partial charge in [0.2, 0.25) is 0 Å². The normalized spacial score (nSPS) is 18.1. The monoisotopic (exact) mass is 153 g/mol. The topological polar surface area (TPSA) is 12.0 Å². The van der Waals surface area contributed by atoms with Crippen molar-refractivity contribution in [1.82, 2.24) is 5.32 Å². The fourth-order valence-electron chi connectivity index (χ4n) is 0.833. The quantitative estimate of drug-likeness (QED) is 0.653. The van der Waals surface area contributed by atoms with Crippen molar-refractivity contribution in [2.24, 2.45) is 0 Å². The average molecular weight is 153 g/mol. The molecule has 0 aromatic heterocycles. The zero-order valence-corrected chi connectivity index (χ0v) is 6.87. The Hall–Kier alpha value is -0.630. The first-order chi connectivity index (χ1) is 4.88. The molecule has 0 aromatic rings. The zero-order valence-electron chi connectivity index (χ0n) is 6.05. The first-order valence-electron chi connectivity index (χ1n) is 3.24. The highest BCUT2D eigenvalue weighted by Crippen LogP contribution is 2.25. The van der Waals surface area contributed by atoms with Crippen molar-refractivity contribution in [1.29, 1.82) is 0 Å². The van der Waals surface area contributed by atoms with Crippen molar-refractivity contribution >= 4 is 11.8 Å². The zero-order chi connectivity index (χ0) is 7.40. The molecule has 2 heteroatoms. The van der Waals surface area contributed by atoms with Gasteiger partial charge in [0.05, 0.1) is 5.88 Å². The van der Waals surface area contributed by atoms with Crippen LogP contribution in [-0.2, 0) is 0 Å². The van der Waals surface area contributed by atoms with Crippen LogP contribution < -0.4 is 5.32 Å². The van der Waals surface area contributed by atoms with Gasteiger partial charge < -0.3 is 5.32 Å². The van der Waals surface area contributed by atoms with Crippen LogP contribution in [0, 0.1) is 0 Å². The number of nitrogens with one attached hydrogen (secondary N) is 1. The predicted molar refractivity (Wildman–Crippen MR) is 47.6 cm³/mol. The van der Waals surface area contributed by atoms with Crippen molar-refractivity contribution in [3.05, 3.63) is 35.4 Å². The number of hydrogen-bond acceptors (Lipinski definition) is 2. The van der Waals surface area contributed by atoms with E-state index in [0.29, 0.717) is 0 Å². The van der Waals surface area contributed by atoms with E-state index >= 15 is 0 Å². The molecular formula is C8H11NS. The molecule has 0 fully saturated rings. The Morgan fingerprint density at radius 3 is 3.10 bits per heavy atom. The lowest BCUT2D eigenvalue weighted by atomic mass is 10.3. The van der Waals surface area contributed by atoms with Gasteiger partial charge in [-0.05, 0) is 13.0 Å². The summed E-state index contributed by atoms with van der Waals surface area (Å²) in [6.45, 7) is 5.73. The third-order valence-corrected chi connectivity index (χ3v) is 2.26. The van der Waals surface area contributed by atoms with Gasteiger partial charge in [-0.3, -0.25) is 0 Å². The van der Waals surface area contributed by atoms with Gasteiger partial charge in [-0.2, -0.15) is 0 Å². The SMILES string of the molecule is C=CC1=C(/C=C\C)NCS1. The Bertz CT molecular complexity index is 191. The van der Waals surface area contributed by atoms with E-state index in [1.165, 1.54) is 10.6 Å². The molecule has 0 aromatic carbocycles. The first-order valence-corrected chi connectivity index (χ1v) is 4.23. The molecule has 0 aliphatic carbocycles. The largest absolute Gasteiger partial charge is 0.375 e. The Balaban J connectivity index is 2.77. The third kappa shape index (κ3) is 1.45. The van der Waals surface area contributed by atoms with Gasteiger partial charge in [-0.15, -0.1) is 11.8 Å². The molecule has 0 saturated heterocycles. The van der Waals surface area contributed by atoms with Gasteiger partial charge in [-0.25, -0.2) is 0 Å². The summed E-state index contributed by atoms with van der Waals surface area (Å²) in [6.07, 6.45) is 5.98. The minimum absolute atomic E-state index is 0.973. The molecule has 0 amide bonds. The van der Waals surface area contributed by atoms with Crippen molar-refractivity contribution in [3.8, 4) is 0 Å². The second-order valence-corrected chi connectivity index (χ2v) is 2.96. The van der Waals surface area contributed by atoms with Crippen LogP contribution in [0.1, 0.15) is 6.92 Å². The van der Waals surface area contributed by atoms with Crippen LogP contribution >= 0.6 is 11.8 Å². The molecule has 0 radical (unpaired) electrons. The second kappa shape index (κ2) is 3.52. The third-order valence-electron chi connectivity index (χ3n) is 1.27. The fourth-order valence-corrected chi connectivity index (χ4v) is 1.63. The van der Waals surface area contributed by atoms with E-state index in [4.69, 9.17) is 0 Å². The maximum absolute atomic E-state index is 3.72. The van der Waals surface area contributed by atoms with Crippen molar-refractivity contribution in [3.63, 3.8) is 0 Å². The lowest BCUT2D eigenvalue weighted by Gasteiger charge is -1.93. The fraction of sp³-hybridized carbons (Fsp3) is 0.250. The van der Waals surface area contributed by atoms with Gasteiger partial charge in [0.15, 0.2) is 0 Å². The Morgan fingerprint density at radius 2 is 2.50 bits per heavy atom. The number of hydrogen-bond donors (Lipinski definition) is 1. The van der Waals surface area contributed by atoms with E-state index in [0.717, 1.165) is 5.88 Å². The van der Waals surface area contributed by atoms with Crippen LogP contribution in [0.25, 0.3) is 0 Å². The van der Waals surface area contributed by atoms with Crippen LogP contribution in [0.3, 0.4) is 0 Å². The van der Waals surface area contributed by atoms with Crippen LogP contribution in [0.5, 0.6) is 0 Å². The Morgan fingerprint density at radius 1 is 1.70 bits per heavy atom. The Labute approximate surface area is 65.9 Å². The molecule has 0 saturated carbocycles. The Kier molecular flexibility index (Phi) is 2.63. The second-order valence-electron chi connectivity index (χ2n) is 1.95. The molecule has 1 nitrogen and oxygen atoms in total. The average Bonchev–Trinajstić information content (AvgIpc) is 2.36. The molecule has 10 heavy (non-hydrogen) atoms. The minimum atomic E-state index is 0.973. The maximum Gasteiger partial charge on any atom is 0.0658 e. The molecule has 1 N–H and O–H groups in total. The molecule has 1 rings (SSSR count). The highest BCUT2D eigenvalue weighted by atomic mass is 32.2. The van der Waals surface area contributed by atoms with E-state index in [-0.39, 0.29) is 0 Å². The highest BCUT2D eigenvalue weighted by Gasteiger charge is 2.07. The summed E-state index contributed by atoms with van der Waals surface area (Å²) in [5.74, 6) is 0.973. The molecule has 0 unspecified atom stereocenters. The summed E-state index contributed by atoms with van der Waals surface area (Å²) >= 11 is 1.79. The number of rotatable bonds is 2. The van der Waals surface area contributed by atoms with Crippen molar-refractivity contribution < 1.29 is 0 Å². The lowest BCUT2D eigenvalue weighted by molar-refractivity contribution is 1.02. The van der Waals surface area contributed by atoms with Gasteiger partial charge in [-0.1, -0.05) is 18.7 Å². The number of thioether (sulfide) groups is 1. The molecule has 1 aliphatic rings. The summed E-state index contributed by atoms with van der Waals surface area (Å²) in [6, 6.07) is 0. The van der Waals surface area contributed by atoms with Crippen LogP contribution in [0.2, 0.25) is 0 Å². The van der Waals surface area contributed by atoms with Gasteiger partial charge in [0.1, 0.15) is 0 Å². The number of allylic oxidation sites excluding steroid dienone is 3. The molecule has 0 spiro atoms. The predicted octanol–water partition coefficient (Wildman–Crippen LogP) is 2.25. The molecule has 1 aliphatic heterocycles. The smallest absolute Gasteiger partial charge is 0.0658 e. The lowest BCUT2D eigenvalue weighted by Crippen LogP contribution is -2.03. The highest BCUT2D eigenvalue weighted by molar-refractivity contribution is 8.03. The van der Waals surface area contributed by atoms with Crippen molar-refractivity contribution in [2.45, 2.75) is 6.92 Å². The molecule has 54 valence electrons. The molecule has 0 atom stereocenters. The van der Waals surface area contributed by atoms with E-state index in [1.54, 1.807) is 11.8 Å². The van der Waals surface area contributed by atoms with E-state index in [9.17, 15) is 0 Å².